The van der Waals surface area contributed by atoms with Crippen LogP contribution in [0.4, 0.5) is 11.4 Å². The van der Waals surface area contributed by atoms with Crippen LogP contribution in [0.25, 0.3) is 43.6 Å². The van der Waals surface area contributed by atoms with Crippen LogP contribution in [0.5, 0.6) is 0 Å². The van der Waals surface area contributed by atoms with Gasteiger partial charge in [0.05, 0.1) is 33.4 Å². The van der Waals surface area contributed by atoms with Gasteiger partial charge in [0.1, 0.15) is 5.69 Å². The molecule has 240 valence electrons. The van der Waals surface area contributed by atoms with Crippen LogP contribution < -0.4 is 21.3 Å². The molecule has 10 nitrogen and oxygen atoms in total. The Bertz CT molecular complexity index is 2170. The van der Waals surface area contributed by atoms with Crippen LogP contribution >= 0.6 is 0 Å². The highest BCUT2D eigenvalue weighted by atomic mass is 16.2. The van der Waals surface area contributed by atoms with Crippen molar-refractivity contribution in [2.75, 3.05) is 36.8 Å². The number of hydrogen-bond acceptors (Lipinski definition) is 7. The third kappa shape index (κ3) is 6.32. The van der Waals surface area contributed by atoms with Gasteiger partial charge in [0.15, 0.2) is 5.69 Å². The number of aromatic nitrogens is 4. The topological polar surface area (TPSA) is 126 Å². The highest BCUT2D eigenvalue weighted by Gasteiger charge is 2.17. The highest BCUT2D eigenvalue weighted by molar-refractivity contribution is 6.08. The predicted molar refractivity (Wildman–Crippen MR) is 193 cm³/mol. The summed E-state index contributed by atoms with van der Waals surface area (Å²) in [5, 5.41) is 21.5. The Kier molecular flexibility index (Phi) is 8.78. The molecule has 0 radical (unpaired) electrons. The molecule has 0 aliphatic carbocycles. The minimum atomic E-state index is -0.314. The van der Waals surface area contributed by atoms with E-state index in [9.17, 15) is 9.59 Å². The van der Waals surface area contributed by atoms with Gasteiger partial charge in [-0.1, -0.05) is 72.8 Å². The van der Waals surface area contributed by atoms with Crippen molar-refractivity contribution in [3.8, 4) is 0 Å². The second-order valence-corrected chi connectivity index (χ2v) is 11.7. The van der Waals surface area contributed by atoms with E-state index in [1.54, 1.807) is 7.05 Å². The highest BCUT2D eigenvalue weighted by Crippen LogP contribution is 2.31. The molecule has 4 aromatic carbocycles. The number of rotatable bonds is 12. The number of pyridine rings is 2. The summed E-state index contributed by atoms with van der Waals surface area (Å²) < 4.78 is 1.44. The van der Waals surface area contributed by atoms with Crippen molar-refractivity contribution in [3.63, 3.8) is 0 Å². The number of carbonyl (C=O) groups is 2. The van der Waals surface area contributed by atoms with E-state index in [0.29, 0.717) is 44.7 Å². The van der Waals surface area contributed by atoms with Gasteiger partial charge < -0.3 is 21.3 Å². The third-order valence-electron chi connectivity index (χ3n) is 8.40. The third-order valence-corrected chi connectivity index (χ3v) is 8.40. The first kappa shape index (κ1) is 30.6. The van der Waals surface area contributed by atoms with Gasteiger partial charge in [-0.2, -0.15) is 5.10 Å². The number of nitrogens with one attached hydrogen (secondary N) is 4. The van der Waals surface area contributed by atoms with Crippen LogP contribution in [0.1, 0.15) is 33.8 Å². The first-order valence-corrected chi connectivity index (χ1v) is 16.2. The number of anilines is 2. The zero-order chi connectivity index (χ0) is 32.9. The number of fused-ring (bicyclic) bond motifs is 4. The second-order valence-electron chi connectivity index (χ2n) is 11.7. The van der Waals surface area contributed by atoms with E-state index in [2.05, 4.69) is 50.6 Å². The van der Waals surface area contributed by atoms with Gasteiger partial charge in [-0.3, -0.25) is 14.3 Å². The van der Waals surface area contributed by atoms with Crippen molar-refractivity contribution in [2.24, 2.45) is 7.05 Å². The Morgan fingerprint density at radius 2 is 0.958 bits per heavy atom. The number of amides is 2. The van der Waals surface area contributed by atoms with Gasteiger partial charge in [0.25, 0.3) is 11.8 Å². The van der Waals surface area contributed by atoms with Crippen molar-refractivity contribution < 1.29 is 9.59 Å². The number of para-hydroxylation sites is 4. The standard InChI is InChI=1S/C38H36N8O2/c1-46-34(38(48)42-23-11-21-40-36-27-14-4-8-18-31(27)44-32-19-9-5-15-28(32)36)24-33(45-46)37(47)41-22-10-20-39-35-25-12-2-6-16-29(25)43-30-17-7-3-13-26(30)35/h2-9,12-19,24H,10-11,20-23H2,1H3,(H,39,43)(H,40,44)(H,41,47)(H,42,48). The number of benzene rings is 4. The minimum Gasteiger partial charge on any atom is -0.384 e. The van der Waals surface area contributed by atoms with Gasteiger partial charge in [0, 0.05) is 60.8 Å². The molecule has 0 aliphatic heterocycles. The normalized spacial score (nSPS) is 11.3. The van der Waals surface area contributed by atoms with E-state index < -0.39 is 0 Å². The Labute approximate surface area is 277 Å². The Hall–Kier alpha value is -6.03. The lowest BCUT2D eigenvalue weighted by Gasteiger charge is -2.13. The van der Waals surface area contributed by atoms with Crippen molar-refractivity contribution in [1.29, 1.82) is 0 Å². The molecule has 0 bridgehead atoms. The zero-order valence-corrected chi connectivity index (χ0v) is 26.7. The molecular weight excluding hydrogens is 600 g/mol. The minimum absolute atomic E-state index is 0.208. The van der Waals surface area contributed by atoms with Crippen molar-refractivity contribution in [2.45, 2.75) is 12.8 Å². The molecule has 0 aliphatic rings. The van der Waals surface area contributed by atoms with Crippen LogP contribution in [-0.2, 0) is 7.05 Å². The number of hydrogen-bond donors (Lipinski definition) is 4. The van der Waals surface area contributed by atoms with E-state index in [1.807, 2.05) is 72.8 Å². The molecule has 4 N–H and O–H groups in total. The fraction of sp³-hybridized carbons (Fsp3) is 0.184. The van der Waals surface area contributed by atoms with Crippen LogP contribution in [-0.4, -0.2) is 57.7 Å². The van der Waals surface area contributed by atoms with Crippen LogP contribution in [0.2, 0.25) is 0 Å². The summed E-state index contributed by atoms with van der Waals surface area (Å²) in [6, 6.07) is 33.8. The first-order chi connectivity index (χ1) is 23.6. The molecule has 7 aromatic rings. The molecule has 0 spiro atoms. The van der Waals surface area contributed by atoms with Gasteiger partial charge in [-0.05, 0) is 37.1 Å². The fourth-order valence-electron chi connectivity index (χ4n) is 6.04. The molecule has 0 saturated heterocycles. The molecule has 2 amide bonds. The van der Waals surface area contributed by atoms with Gasteiger partial charge >= 0.3 is 0 Å². The number of aryl methyl sites for hydroxylation is 1. The monoisotopic (exact) mass is 636 g/mol. The molecule has 10 heteroatoms. The average Bonchev–Trinajstić information content (AvgIpc) is 3.52. The van der Waals surface area contributed by atoms with E-state index in [4.69, 9.17) is 9.97 Å². The summed E-state index contributed by atoms with van der Waals surface area (Å²) in [5.74, 6) is -0.588. The smallest absolute Gasteiger partial charge is 0.271 e. The fourth-order valence-corrected chi connectivity index (χ4v) is 6.04. The molecule has 3 aromatic heterocycles. The molecule has 0 atom stereocenters. The first-order valence-electron chi connectivity index (χ1n) is 16.2. The van der Waals surface area contributed by atoms with Gasteiger partial charge in [0.2, 0.25) is 0 Å². The summed E-state index contributed by atoms with van der Waals surface area (Å²) in [4.78, 5) is 35.4. The zero-order valence-electron chi connectivity index (χ0n) is 26.7. The van der Waals surface area contributed by atoms with Crippen molar-refractivity contribution in [1.82, 2.24) is 30.4 Å². The van der Waals surface area contributed by atoms with E-state index >= 15 is 0 Å². The molecule has 0 fully saturated rings. The maximum absolute atomic E-state index is 13.0. The van der Waals surface area contributed by atoms with Gasteiger partial charge in [-0.15, -0.1) is 0 Å². The lowest BCUT2D eigenvalue weighted by Crippen LogP contribution is -2.27. The molecular formula is C38H36N8O2. The summed E-state index contributed by atoms with van der Waals surface area (Å²) in [5.41, 5.74) is 6.37. The molecule has 0 unspecified atom stereocenters. The molecule has 3 heterocycles. The van der Waals surface area contributed by atoms with Crippen LogP contribution in [0.15, 0.2) is 103 Å². The molecule has 0 saturated carbocycles. The Morgan fingerprint density at radius 1 is 0.562 bits per heavy atom. The van der Waals surface area contributed by atoms with Crippen LogP contribution in [0, 0.1) is 0 Å². The predicted octanol–water partition coefficient (Wildman–Crippen LogP) is 6.29. The maximum atomic E-state index is 13.0. The van der Waals surface area contributed by atoms with E-state index in [-0.39, 0.29) is 17.5 Å². The number of nitrogens with zero attached hydrogens (tertiary/aromatic N) is 4. The average molecular weight is 637 g/mol. The lowest BCUT2D eigenvalue weighted by atomic mass is 10.1. The Balaban J connectivity index is 0.890. The summed E-state index contributed by atoms with van der Waals surface area (Å²) in [6.07, 6.45) is 1.41. The van der Waals surface area contributed by atoms with Gasteiger partial charge in [-0.25, -0.2) is 9.97 Å². The summed E-state index contributed by atoms with van der Waals surface area (Å²) in [7, 11) is 1.67. The van der Waals surface area contributed by atoms with Crippen LogP contribution in [0.3, 0.4) is 0 Å². The van der Waals surface area contributed by atoms with Crippen molar-refractivity contribution in [3.05, 3.63) is 115 Å². The van der Waals surface area contributed by atoms with E-state index in [1.165, 1.54) is 10.7 Å². The van der Waals surface area contributed by atoms with Crippen molar-refractivity contribution >= 4 is 66.8 Å². The Morgan fingerprint density at radius 3 is 1.40 bits per heavy atom. The quantitative estimate of drug-likeness (QED) is 0.0918. The second kappa shape index (κ2) is 13.8. The summed E-state index contributed by atoms with van der Waals surface area (Å²) in [6.45, 7) is 2.25. The lowest BCUT2D eigenvalue weighted by molar-refractivity contribution is 0.0938. The largest absolute Gasteiger partial charge is 0.384 e. The molecule has 7 rings (SSSR count). The maximum Gasteiger partial charge on any atom is 0.271 e. The SMILES string of the molecule is Cn1nc(C(=O)NCCCNc2c3ccccc3nc3ccccc23)cc1C(=O)NCCCNc1c2ccccc2nc2ccccc12. The number of carbonyl (C=O) groups excluding carboxylic acids is 2. The molecule has 48 heavy (non-hydrogen) atoms. The summed E-state index contributed by atoms with van der Waals surface area (Å²) >= 11 is 0. The van der Waals surface area contributed by atoms with E-state index in [0.717, 1.165) is 55.0 Å².